The van der Waals surface area contributed by atoms with Crippen LogP contribution in [-0.2, 0) is 7.05 Å². The molecular weight excluding hydrogens is 246 g/mol. The van der Waals surface area contributed by atoms with E-state index in [2.05, 4.69) is 20.7 Å². The van der Waals surface area contributed by atoms with Crippen LogP contribution in [0.3, 0.4) is 0 Å². The Bertz CT molecular complexity index is 562. The van der Waals surface area contributed by atoms with Gasteiger partial charge in [0.15, 0.2) is 0 Å². The van der Waals surface area contributed by atoms with Gasteiger partial charge in [-0.05, 0) is 24.6 Å². The molecule has 3 N–H and O–H groups in total. The van der Waals surface area contributed by atoms with E-state index in [1.807, 2.05) is 0 Å². The van der Waals surface area contributed by atoms with Gasteiger partial charge in [0.1, 0.15) is 6.33 Å². The van der Waals surface area contributed by atoms with Gasteiger partial charge < -0.3 is 10.4 Å². The lowest BCUT2D eigenvalue weighted by Crippen LogP contribution is -2.21. The van der Waals surface area contributed by atoms with Crippen molar-refractivity contribution >= 4 is 17.7 Å². The number of carbonyl (C=O) groups excluding carboxylic acids is 1. The van der Waals surface area contributed by atoms with E-state index in [-0.39, 0.29) is 0 Å². The van der Waals surface area contributed by atoms with Gasteiger partial charge in [-0.3, -0.25) is 5.32 Å². The van der Waals surface area contributed by atoms with E-state index in [9.17, 15) is 9.90 Å². The lowest BCUT2D eigenvalue weighted by Gasteiger charge is -2.08. The van der Waals surface area contributed by atoms with Crippen molar-refractivity contribution in [2.45, 2.75) is 13.0 Å². The Morgan fingerprint density at radius 1 is 1.32 bits per heavy atom. The smallest absolute Gasteiger partial charge is 0.326 e. The summed E-state index contributed by atoms with van der Waals surface area (Å²) in [6.45, 7) is 1.68. The summed E-state index contributed by atoms with van der Waals surface area (Å²) in [5, 5.41) is 18.5. The van der Waals surface area contributed by atoms with Crippen LogP contribution in [0.4, 0.5) is 16.4 Å². The topological polar surface area (TPSA) is 92.1 Å². The van der Waals surface area contributed by atoms with Crippen molar-refractivity contribution in [3.8, 4) is 0 Å². The van der Waals surface area contributed by atoms with Gasteiger partial charge in [-0.1, -0.05) is 12.1 Å². The van der Waals surface area contributed by atoms with Crippen LogP contribution in [0.1, 0.15) is 18.6 Å². The van der Waals surface area contributed by atoms with Crippen LogP contribution >= 0.6 is 0 Å². The van der Waals surface area contributed by atoms with E-state index in [0.29, 0.717) is 11.6 Å². The summed E-state index contributed by atoms with van der Waals surface area (Å²) in [7, 11) is 1.68. The summed E-state index contributed by atoms with van der Waals surface area (Å²) in [6, 6.07) is 6.54. The van der Waals surface area contributed by atoms with Gasteiger partial charge in [0.25, 0.3) is 0 Å². The number of aliphatic hydroxyl groups excluding tert-OH is 1. The molecule has 0 spiro atoms. The van der Waals surface area contributed by atoms with Crippen LogP contribution in [0.5, 0.6) is 0 Å². The first-order valence-corrected chi connectivity index (χ1v) is 5.76. The van der Waals surface area contributed by atoms with Crippen molar-refractivity contribution < 1.29 is 9.90 Å². The zero-order valence-corrected chi connectivity index (χ0v) is 10.7. The van der Waals surface area contributed by atoms with Crippen LogP contribution in [0, 0.1) is 0 Å². The van der Waals surface area contributed by atoms with Crippen molar-refractivity contribution in [1.29, 1.82) is 0 Å². The normalized spacial score (nSPS) is 11.9. The van der Waals surface area contributed by atoms with Gasteiger partial charge in [0.2, 0.25) is 5.95 Å². The molecule has 1 aromatic carbocycles. The highest BCUT2D eigenvalue weighted by Gasteiger charge is 2.07. The number of aliphatic hydroxyl groups is 1. The molecule has 0 saturated heterocycles. The van der Waals surface area contributed by atoms with E-state index >= 15 is 0 Å². The fraction of sp³-hybridized carbons (Fsp3) is 0.250. The molecule has 7 heteroatoms. The molecule has 2 amide bonds. The van der Waals surface area contributed by atoms with Crippen molar-refractivity contribution in [2.24, 2.45) is 7.05 Å². The second-order valence-corrected chi connectivity index (χ2v) is 4.08. The van der Waals surface area contributed by atoms with E-state index in [1.54, 1.807) is 38.2 Å². The van der Waals surface area contributed by atoms with Crippen LogP contribution in [0.2, 0.25) is 0 Å². The molecular formula is C12H15N5O2. The molecule has 1 aromatic heterocycles. The van der Waals surface area contributed by atoms with Gasteiger partial charge >= 0.3 is 6.03 Å². The predicted octanol–water partition coefficient (Wildman–Crippen LogP) is 1.51. The number of carbonyl (C=O) groups is 1. The lowest BCUT2D eigenvalue weighted by molar-refractivity contribution is 0.199. The second-order valence-electron chi connectivity index (χ2n) is 4.08. The highest BCUT2D eigenvalue weighted by Crippen LogP contribution is 2.15. The number of nitrogens with zero attached hydrogens (tertiary/aromatic N) is 3. The Kier molecular flexibility index (Phi) is 3.76. The number of urea groups is 1. The van der Waals surface area contributed by atoms with E-state index in [0.717, 1.165) is 5.56 Å². The molecule has 2 rings (SSSR count). The third kappa shape index (κ3) is 3.29. The summed E-state index contributed by atoms with van der Waals surface area (Å²) in [5.41, 5.74) is 1.42. The first-order chi connectivity index (χ1) is 9.06. The summed E-state index contributed by atoms with van der Waals surface area (Å²) in [5.74, 6) is 0.359. The highest BCUT2D eigenvalue weighted by atomic mass is 16.3. The summed E-state index contributed by atoms with van der Waals surface area (Å²) in [6.07, 6.45) is 0.828. The number of benzene rings is 1. The Hall–Kier alpha value is -2.41. The van der Waals surface area contributed by atoms with E-state index in [1.165, 1.54) is 11.0 Å². The van der Waals surface area contributed by atoms with Gasteiger partial charge in [-0.15, -0.1) is 0 Å². The van der Waals surface area contributed by atoms with Gasteiger partial charge in [-0.25, -0.2) is 9.48 Å². The van der Waals surface area contributed by atoms with E-state index in [4.69, 9.17) is 0 Å². The number of rotatable bonds is 3. The Balaban J connectivity index is 1.97. The van der Waals surface area contributed by atoms with Gasteiger partial charge in [-0.2, -0.15) is 10.1 Å². The Morgan fingerprint density at radius 3 is 2.53 bits per heavy atom. The van der Waals surface area contributed by atoms with Crippen LogP contribution in [-0.4, -0.2) is 25.9 Å². The molecule has 2 aromatic rings. The summed E-state index contributed by atoms with van der Waals surface area (Å²) < 4.78 is 1.45. The molecule has 0 aliphatic carbocycles. The summed E-state index contributed by atoms with van der Waals surface area (Å²) >= 11 is 0. The molecule has 19 heavy (non-hydrogen) atoms. The van der Waals surface area contributed by atoms with Crippen LogP contribution in [0.25, 0.3) is 0 Å². The third-order valence-corrected chi connectivity index (χ3v) is 2.59. The Morgan fingerprint density at radius 2 is 2.00 bits per heavy atom. The fourth-order valence-corrected chi connectivity index (χ4v) is 1.52. The number of aryl methyl sites for hydroxylation is 1. The molecule has 1 atom stereocenters. The van der Waals surface area contributed by atoms with Gasteiger partial charge in [0, 0.05) is 12.7 Å². The second kappa shape index (κ2) is 5.49. The first-order valence-electron chi connectivity index (χ1n) is 5.76. The predicted molar refractivity (Wildman–Crippen MR) is 70.7 cm³/mol. The van der Waals surface area contributed by atoms with Gasteiger partial charge in [0.05, 0.1) is 6.10 Å². The maximum absolute atomic E-state index is 11.7. The molecule has 1 heterocycles. The minimum Gasteiger partial charge on any atom is -0.389 e. The fourth-order valence-electron chi connectivity index (χ4n) is 1.52. The number of nitrogens with one attached hydrogen (secondary N) is 2. The van der Waals surface area contributed by atoms with Crippen molar-refractivity contribution in [3.63, 3.8) is 0 Å². The lowest BCUT2D eigenvalue weighted by atomic mass is 10.1. The zero-order valence-electron chi connectivity index (χ0n) is 10.7. The molecule has 0 radical (unpaired) electrons. The summed E-state index contributed by atoms with van der Waals surface area (Å²) in [4.78, 5) is 15.6. The maximum atomic E-state index is 11.7. The van der Waals surface area contributed by atoms with Crippen LogP contribution in [0.15, 0.2) is 30.6 Å². The Labute approximate surface area is 110 Å². The molecule has 1 unspecified atom stereocenters. The molecule has 0 aliphatic rings. The van der Waals surface area contributed by atoms with Crippen molar-refractivity contribution in [1.82, 2.24) is 14.8 Å². The molecule has 0 fully saturated rings. The number of anilines is 2. The molecule has 100 valence electrons. The van der Waals surface area contributed by atoms with Crippen LogP contribution < -0.4 is 10.6 Å². The minimum atomic E-state index is -0.526. The average Bonchev–Trinajstić information content (AvgIpc) is 2.75. The average molecular weight is 261 g/mol. The maximum Gasteiger partial charge on any atom is 0.326 e. The van der Waals surface area contributed by atoms with E-state index < -0.39 is 12.1 Å². The minimum absolute atomic E-state index is 0.359. The molecule has 7 nitrogen and oxygen atoms in total. The quantitative estimate of drug-likeness (QED) is 0.781. The monoisotopic (exact) mass is 261 g/mol. The number of aromatic nitrogens is 3. The molecule has 0 aliphatic heterocycles. The SMILES string of the molecule is CC(O)c1ccc(NC(=O)Nc2ncnn2C)cc1. The molecule has 0 saturated carbocycles. The molecule has 0 bridgehead atoms. The number of hydrogen-bond donors (Lipinski definition) is 3. The zero-order chi connectivity index (χ0) is 13.8. The number of amides is 2. The number of hydrogen-bond acceptors (Lipinski definition) is 4. The highest BCUT2D eigenvalue weighted by molar-refractivity contribution is 5.98. The van der Waals surface area contributed by atoms with Crippen molar-refractivity contribution in [2.75, 3.05) is 10.6 Å². The van der Waals surface area contributed by atoms with Crippen molar-refractivity contribution in [3.05, 3.63) is 36.2 Å². The standard InChI is InChI=1S/C12H15N5O2/c1-8(18)9-3-5-10(6-4-9)15-12(19)16-11-13-7-14-17(11)2/h3-8,18H,1-2H3,(H2,13,14,15,16,19). The third-order valence-electron chi connectivity index (χ3n) is 2.59. The first kappa shape index (κ1) is 13.0. The largest absolute Gasteiger partial charge is 0.389 e.